The van der Waals surface area contributed by atoms with Crippen LogP contribution in [0.1, 0.15) is 22.3 Å². The van der Waals surface area contributed by atoms with E-state index in [4.69, 9.17) is 4.74 Å². The molecule has 1 amide bonds. The van der Waals surface area contributed by atoms with Crippen LogP contribution in [0.2, 0.25) is 0 Å². The van der Waals surface area contributed by atoms with Crippen molar-refractivity contribution in [2.24, 2.45) is 0 Å². The Balaban J connectivity index is 1.65. The number of thioether (sulfide) groups is 1. The molecule has 0 bridgehead atoms. The van der Waals surface area contributed by atoms with Gasteiger partial charge in [0.2, 0.25) is 5.91 Å². The zero-order chi connectivity index (χ0) is 22.9. The zero-order valence-corrected chi connectivity index (χ0v) is 18.8. The van der Waals surface area contributed by atoms with Crippen molar-refractivity contribution in [1.82, 2.24) is 14.9 Å². The van der Waals surface area contributed by atoms with Crippen LogP contribution in [0.5, 0.6) is 0 Å². The van der Waals surface area contributed by atoms with Gasteiger partial charge in [-0.15, -0.1) is 0 Å². The number of carbonyl (C=O) groups is 2. The van der Waals surface area contributed by atoms with Crippen molar-refractivity contribution in [1.29, 1.82) is 0 Å². The minimum atomic E-state index is -0.406. The average molecular weight is 456 g/mol. The molecule has 0 aliphatic carbocycles. The van der Waals surface area contributed by atoms with Crippen LogP contribution in [0, 0.1) is 0 Å². The summed E-state index contributed by atoms with van der Waals surface area (Å²) in [6, 6.07) is 14.0. The molecule has 0 aliphatic rings. The first-order chi connectivity index (χ1) is 15.5. The van der Waals surface area contributed by atoms with E-state index >= 15 is 0 Å². The topological polar surface area (TPSA) is 99.5 Å². The molecule has 0 spiro atoms. The summed E-state index contributed by atoms with van der Waals surface area (Å²) in [7, 11) is 2.94. The van der Waals surface area contributed by atoms with E-state index in [9.17, 15) is 14.4 Å². The van der Waals surface area contributed by atoms with Crippen molar-refractivity contribution in [3.63, 3.8) is 0 Å². The van der Waals surface area contributed by atoms with E-state index in [1.54, 1.807) is 48.1 Å². The minimum Gasteiger partial charge on any atom is -0.465 e. The molecule has 1 aromatic heterocycles. The second-order valence-electron chi connectivity index (χ2n) is 6.97. The van der Waals surface area contributed by atoms with E-state index in [1.807, 2.05) is 12.1 Å². The second-order valence-corrected chi connectivity index (χ2v) is 7.91. The Bertz CT molecular complexity index is 1140. The highest BCUT2D eigenvalue weighted by Crippen LogP contribution is 2.18. The number of amides is 1. The number of rotatable bonds is 10. The van der Waals surface area contributed by atoms with Crippen molar-refractivity contribution in [2.45, 2.75) is 24.7 Å². The van der Waals surface area contributed by atoms with Gasteiger partial charge in [-0.2, -0.15) is 0 Å². The largest absolute Gasteiger partial charge is 0.465 e. The van der Waals surface area contributed by atoms with Crippen LogP contribution in [-0.2, 0) is 27.4 Å². The first-order valence-corrected chi connectivity index (χ1v) is 11.1. The highest BCUT2D eigenvalue weighted by Gasteiger charge is 2.13. The molecule has 8 nitrogen and oxygen atoms in total. The van der Waals surface area contributed by atoms with Gasteiger partial charge in [0.05, 0.1) is 29.3 Å². The fourth-order valence-electron chi connectivity index (χ4n) is 3.08. The highest BCUT2D eigenvalue weighted by atomic mass is 32.2. The Morgan fingerprint density at radius 3 is 2.56 bits per heavy atom. The molecule has 0 saturated carbocycles. The number of methoxy groups -OCH3 is 2. The molecule has 0 saturated heterocycles. The Kier molecular flexibility index (Phi) is 8.41. The highest BCUT2D eigenvalue weighted by molar-refractivity contribution is 7.99. The number of carbonyl (C=O) groups excluding carboxylic acids is 2. The minimum absolute atomic E-state index is 0.120. The maximum absolute atomic E-state index is 12.9. The molecule has 0 aliphatic heterocycles. The van der Waals surface area contributed by atoms with Crippen molar-refractivity contribution in [3.05, 3.63) is 70.0 Å². The molecule has 3 aromatic rings. The molecule has 0 radical (unpaired) electrons. The molecule has 9 heteroatoms. The smallest absolute Gasteiger partial charge is 0.337 e. The van der Waals surface area contributed by atoms with Gasteiger partial charge < -0.3 is 14.8 Å². The second kappa shape index (κ2) is 11.4. The summed E-state index contributed by atoms with van der Waals surface area (Å²) in [5, 5.41) is 3.90. The van der Waals surface area contributed by atoms with Crippen molar-refractivity contribution >= 4 is 34.5 Å². The molecule has 168 valence electrons. The summed E-state index contributed by atoms with van der Waals surface area (Å²) < 4.78 is 11.4. The SMILES string of the molecule is COCCCn1c(SCC(=O)NCc2ccc(C(=O)OC)cc2)nc2ccccc2c1=O. The van der Waals surface area contributed by atoms with Gasteiger partial charge in [0.25, 0.3) is 5.56 Å². The van der Waals surface area contributed by atoms with Gasteiger partial charge in [0.1, 0.15) is 0 Å². The lowest BCUT2D eigenvalue weighted by molar-refractivity contribution is -0.118. The van der Waals surface area contributed by atoms with Crippen LogP contribution >= 0.6 is 11.8 Å². The van der Waals surface area contributed by atoms with E-state index in [2.05, 4.69) is 15.0 Å². The third kappa shape index (κ3) is 5.95. The van der Waals surface area contributed by atoms with Crippen LogP contribution in [0.25, 0.3) is 10.9 Å². The van der Waals surface area contributed by atoms with Crippen molar-refractivity contribution in [3.8, 4) is 0 Å². The van der Waals surface area contributed by atoms with E-state index < -0.39 is 5.97 Å². The average Bonchev–Trinajstić information content (AvgIpc) is 2.83. The standard InChI is InChI=1S/C23H25N3O5S/c1-30-13-5-12-26-21(28)18-6-3-4-7-19(18)25-23(26)32-15-20(27)24-14-16-8-10-17(11-9-16)22(29)31-2/h3-4,6-11H,5,12-15H2,1-2H3,(H,24,27). The fraction of sp³-hybridized carbons (Fsp3) is 0.304. The molecule has 0 unspecified atom stereocenters. The predicted octanol–water partition coefficient (Wildman–Crippen LogP) is 2.63. The molecule has 1 N–H and O–H groups in total. The number of fused-ring (bicyclic) bond motifs is 1. The molecular formula is C23H25N3O5S. The molecule has 32 heavy (non-hydrogen) atoms. The van der Waals surface area contributed by atoms with Gasteiger partial charge in [-0.3, -0.25) is 14.2 Å². The number of hydrogen-bond donors (Lipinski definition) is 1. The van der Waals surface area contributed by atoms with Crippen LogP contribution in [-0.4, -0.2) is 48.0 Å². The lowest BCUT2D eigenvalue weighted by Crippen LogP contribution is -2.27. The van der Waals surface area contributed by atoms with E-state index in [-0.39, 0.29) is 17.2 Å². The lowest BCUT2D eigenvalue weighted by Gasteiger charge is -2.13. The molecule has 1 heterocycles. The maximum Gasteiger partial charge on any atom is 0.337 e. The maximum atomic E-state index is 12.9. The third-order valence-corrected chi connectivity index (χ3v) is 5.73. The number of esters is 1. The quantitative estimate of drug-likeness (QED) is 0.217. The fourth-order valence-corrected chi connectivity index (χ4v) is 3.94. The van der Waals surface area contributed by atoms with Crippen LogP contribution in [0.4, 0.5) is 0 Å². The Morgan fingerprint density at radius 2 is 1.84 bits per heavy atom. The Labute approximate surface area is 189 Å². The Hall–Kier alpha value is -3.17. The predicted molar refractivity (Wildman–Crippen MR) is 123 cm³/mol. The summed E-state index contributed by atoms with van der Waals surface area (Å²) >= 11 is 1.22. The molecule has 0 atom stereocenters. The van der Waals surface area contributed by atoms with Crippen LogP contribution in [0.3, 0.4) is 0 Å². The number of para-hydroxylation sites is 1. The van der Waals surface area contributed by atoms with E-state index in [1.165, 1.54) is 18.9 Å². The van der Waals surface area contributed by atoms with E-state index in [0.717, 1.165) is 5.56 Å². The van der Waals surface area contributed by atoms with E-state index in [0.29, 0.717) is 47.7 Å². The van der Waals surface area contributed by atoms with Gasteiger partial charge in [0, 0.05) is 26.8 Å². The summed E-state index contributed by atoms with van der Waals surface area (Å²) in [5.41, 5.74) is 1.79. The van der Waals surface area contributed by atoms with Gasteiger partial charge in [-0.05, 0) is 36.2 Å². The number of benzene rings is 2. The first-order valence-electron chi connectivity index (χ1n) is 10.1. The normalized spacial score (nSPS) is 10.8. The van der Waals surface area contributed by atoms with Gasteiger partial charge in [-0.25, -0.2) is 9.78 Å². The van der Waals surface area contributed by atoms with Crippen molar-refractivity contribution < 1.29 is 19.1 Å². The zero-order valence-electron chi connectivity index (χ0n) is 18.0. The van der Waals surface area contributed by atoms with Crippen molar-refractivity contribution in [2.75, 3.05) is 26.6 Å². The monoisotopic (exact) mass is 455 g/mol. The third-order valence-electron chi connectivity index (χ3n) is 4.75. The molecule has 0 fully saturated rings. The number of ether oxygens (including phenoxy) is 2. The number of aromatic nitrogens is 2. The van der Waals surface area contributed by atoms with Gasteiger partial charge in [-0.1, -0.05) is 36.0 Å². The molecular weight excluding hydrogens is 430 g/mol. The summed E-state index contributed by atoms with van der Waals surface area (Å²) in [5.74, 6) is -0.468. The number of nitrogens with one attached hydrogen (secondary N) is 1. The number of nitrogens with zero attached hydrogens (tertiary/aromatic N) is 2. The summed E-state index contributed by atoms with van der Waals surface area (Å²) in [6.07, 6.45) is 0.664. The van der Waals surface area contributed by atoms with Gasteiger partial charge in [0.15, 0.2) is 5.16 Å². The molecule has 3 rings (SSSR count). The molecule has 2 aromatic carbocycles. The van der Waals surface area contributed by atoms with Gasteiger partial charge >= 0.3 is 5.97 Å². The lowest BCUT2D eigenvalue weighted by atomic mass is 10.1. The number of hydrogen-bond acceptors (Lipinski definition) is 7. The summed E-state index contributed by atoms with van der Waals surface area (Å²) in [6.45, 7) is 1.31. The first kappa shape index (κ1) is 23.5. The summed E-state index contributed by atoms with van der Waals surface area (Å²) in [4.78, 5) is 41.4. The Morgan fingerprint density at radius 1 is 1.09 bits per heavy atom. The van der Waals surface area contributed by atoms with Crippen LogP contribution in [0.15, 0.2) is 58.5 Å². The van der Waals surface area contributed by atoms with Crippen LogP contribution < -0.4 is 10.9 Å².